The molecule has 0 bridgehead atoms. The molecule has 0 aliphatic carbocycles. The van der Waals surface area contributed by atoms with Crippen molar-refractivity contribution < 1.29 is 0 Å². The molecule has 0 aromatic rings. The average molecular weight is 142 g/mol. The molecule has 2 heteroatoms. The molecule has 0 radical (unpaired) electrons. The molecule has 0 heterocycles. The summed E-state index contributed by atoms with van der Waals surface area (Å²) in [4.78, 5) is 3.88. The molecule has 0 spiro atoms. The number of aliphatic imine (C=N–C) groups is 1. The van der Waals surface area contributed by atoms with Crippen LogP contribution in [-0.2, 0) is 0 Å². The predicted molar refractivity (Wildman–Crippen MR) is 48.3 cm³/mol. The van der Waals surface area contributed by atoms with Crippen molar-refractivity contribution in [1.82, 2.24) is 5.32 Å². The maximum absolute atomic E-state index is 3.88. The third-order valence-electron chi connectivity index (χ3n) is 0.794. The lowest BCUT2D eigenvalue weighted by molar-refractivity contribution is 1.21. The fourth-order valence-corrected chi connectivity index (χ4v) is 0.268. The fraction of sp³-hybridized carbons (Fsp3) is 0.625. The molecule has 0 amide bonds. The van der Waals surface area contributed by atoms with E-state index in [2.05, 4.69) is 10.3 Å². The Morgan fingerprint density at radius 1 is 1.40 bits per heavy atom. The summed E-state index contributed by atoms with van der Waals surface area (Å²) in [6, 6.07) is 0. The van der Waals surface area contributed by atoms with Crippen molar-refractivity contribution in [2.24, 2.45) is 4.99 Å². The second-order valence-electron chi connectivity index (χ2n) is 1.45. The highest BCUT2D eigenvalue weighted by molar-refractivity contribution is 5.80. The van der Waals surface area contributed by atoms with E-state index in [0.717, 1.165) is 5.84 Å². The summed E-state index contributed by atoms with van der Waals surface area (Å²) in [7, 11) is 1.76. The van der Waals surface area contributed by atoms with Crippen molar-refractivity contribution in [3.05, 3.63) is 12.3 Å². The summed E-state index contributed by atoms with van der Waals surface area (Å²) in [5.74, 6) is 0.933. The van der Waals surface area contributed by atoms with E-state index in [4.69, 9.17) is 0 Å². The first-order valence-electron chi connectivity index (χ1n) is 3.62. The van der Waals surface area contributed by atoms with Crippen molar-refractivity contribution in [1.29, 1.82) is 0 Å². The summed E-state index contributed by atoms with van der Waals surface area (Å²) in [6.07, 6.45) is 3.77. The largest absolute Gasteiger partial charge is 0.351 e. The quantitative estimate of drug-likeness (QED) is 0.440. The van der Waals surface area contributed by atoms with E-state index in [0.29, 0.717) is 0 Å². The van der Waals surface area contributed by atoms with Crippen molar-refractivity contribution in [2.45, 2.75) is 27.7 Å². The number of amidine groups is 1. The summed E-state index contributed by atoms with van der Waals surface area (Å²) in [5, 5.41) is 2.95. The molecule has 0 saturated carbocycles. The molecular formula is C8H18N2. The SMILES string of the molecule is C/C=C\NC(C)=NC.CC. The van der Waals surface area contributed by atoms with E-state index >= 15 is 0 Å². The number of rotatable bonds is 1. The summed E-state index contributed by atoms with van der Waals surface area (Å²) in [5.41, 5.74) is 0. The molecule has 2 nitrogen and oxygen atoms in total. The molecule has 10 heavy (non-hydrogen) atoms. The van der Waals surface area contributed by atoms with Crippen molar-refractivity contribution in [3.63, 3.8) is 0 Å². The van der Waals surface area contributed by atoms with Gasteiger partial charge in [0, 0.05) is 7.05 Å². The van der Waals surface area contributed by atoms with Gasteiger partial charge in [-0.15, -0.1) is 0 Å². The second-order valence-corrected chi connectivity index (χ2v) is 1.45. The molecule has 0 atom stereocenters. The number of nitrogens with one attached hydrogen (secondary N) is 1. The monoisotopic (exact) mass is 142 g/mol. The molecule has 0 unspecified atom stereocenters. The third-order valence-corrected chi connectivity index (χ3v) is 0.794. The maximum atomic E-state index is 3.88. The maximum Gasteiger partial charge on any atom is 0.0967 e. The van der Waals surface area contributed by atoms with Crippen LogP contribution in [0, 0.1) is 0 Å². The zero-order chi connectivity index (χ0) is 8.41. The van der Waals surface area contributed by atoms with Gasteiger partial charge in [0.15, 0.2) is 0 Å². The topological polar surface area (TPSA) is 24.4 Å². The zero-order valence-corrected chi connectivity index (χ0v) is 7.60. The van der Waals surface area contributed by atoms with Gasteiger partial charge in [-0.25, -0.2) is 0 Å². The molecule has 0 saturated heterocycles. The Kier molecular flexibility index (Phi) is 13.2. The number of nitrogens with zero attached hydrogens (tertiary/aromatic N) is 1. The fourth-order valence-electron chi connectivity index (χ4n) is 0.268. The zero-order valence-electron chi connectivity index (χ0n) is 7.60. The molecule has 0 fully saturated rings. The molecule has 0 rings (SSSR count). The molecule has 0 aromatic heterocycles. The highest BCUT2D eigenvalue weighted by atomic mass is 14.9. The van der Waals surface area contributed by atoms with Crippen LogP contribution in [0.15, 0.2) is 17.3 Å². The van der Waals surface area contributed by atoms with Gasteiger partial charge in [0.1, 0.15) is 0 Å². The predicted octanol–water partition coefficient (Wildman–Crippen LogP) is 2.18. The minimum absolute atomic E-state index is 0.933. The smallest absolute Gasteiger partial charge is 0.0967 e. The standard InChI is InChI=1S/C6H12N2.C2H6/c1-4-5-8-6(2)7-3;1-2/h4-5H,1-3H3,(H,7,8);1-2H3/b5-4-;. The Bertz CT molecular complexity index is 104. The average Bonchev–Trinajstić information content (AvgIpc) is 2.04. The lowest BCUT2D eigenvalue weighted by Gasteiger charge is -1.93. The molecule has 0 aromatic carbocycles. The van der Waals surface area contributed by atoms with E-state index in [1.165, 1.54) is 0 Å². The van der Waals surface area contributed by atoms with Crippen LogP contribution >= 0.6 is 0 Å². The Hall–Kier alpha value is -0.790. The van der Waals surface area contributed by atoms with Crippen molar-refractivity contribution in [3.8, 4) is 0 Å². The van der Waals surface area contributed by atoms with Crippen LogP contribution in [0.3, 0.4) is 0 Å². The van der Waals surface area contributed by atoms with Crippen LogP contribution in [0.4, 0.5) is 0 Å². The van der Waals surface area contributed by atoms with Crippen LogP contribution in [0.25, 0.3) is 0 Å². The van der Waals surface area contributed by atoms with Gasteiger partial charge in [-0.2, -0.15) is 0 Å². The van der Waals surface area contributed by atoms with Gasteiger partial charge in [-0.05, 0) is 20.0 Å². The van der Waals surface area contributed by atoms with Gasteiger partial charge in [-0.3, -0.25) is 4.99 Å². The Morgan fingerprint density at radius 3 is 2.20 bits per heavy atom. The molecule has 1 N–H and O–H groups in total. The van der Waals surface area contributed by atoms with E-state index < -0.39 is 0 Å². The molecule has 0 aliphatic heterocycles. The number of hydrogen-bond donors (Lipinski definition) is 1. The van der Waals surface area contributed by atoms with Crippen LogP contribution < -0.4 is 5.32 Å². The third kappa shape index (κ3) is 10.2. The lowest BCUT2D eigenvalue weighted by Crippen LogP contribution is -2.11. The molecule has 0 aliphatic rings. The highest BCUT2D eigenvalue weighted by Crippen LogP contribution is 1.67. The normalized spacial score (nSPS) is 10.7. The van der Waals surface area contributed by atoms with Gasteiger partial charge in [0.05, 0.1) is 5.84 Å². The van der Waals surface area contributed by atoms with Crippen LogP contribution in [0.5, 0.6) is 0 Å². The minimum atomic E-state index is 0.933. The highest BCUT2D eigenvalue weighted by Gasteiger charge is 1.75. The first-order valence-corrected chi connectivity index (χ1v) is 3.62. The van der Waals surface area contributed by atoms with Gasteiger partial charge in [0.25, 0.3) is 0 Å². The number of allylic oxidation sites excluding steroid dienone is 1. The minimum Gasteiger partial charge on any atom is -0.351 e. The molecule has 60 valence electrons. The van der Waals surface area contributed by atoms with Crippen molar-refractivity contribution >= 4 is 5.84 Å². The molecular weight excluding hydrogens is 124 g/mol. The van der Waals surface area contributed by atoms with E-state index in [1.54, 1.807) is 7.05 Å². The van der Waals surface area contributed by atoms with Gasteiger partial charge in [-0.1, -0.05) is 19.9 Å². The van der Waals surface area contributed by atoms with Crippen LogP contribution in [0.2, 0.25) is 0 Å². The number of hydrogen-bond acceptors (Lipinski definition) is 1. The first-order chi connectivity index (χ1) is 4.81. The van der Waals surface area contributed by atoms with E-state index in [9.17, 15) is 0 Å². The summed E-state index contributed by atoms with van der Waals surface area (Å²) < 4.78 is 0. The van der Waals surface area contributed by atoms with E-state index in [1.807, 2.05) is 40.0 Å². The first kappa shape index (κ1) is 11.9. The second kappa shape index (κ2) is 11.1. The van der Waals surface area contributed by atoms with E-state index in [-0.39, 0.29) is 0 Å². The Morgan fingerprint density at radius 2 is 1.90 bits per heavy atom. The Balaban J connectivity index is 0. The summed E-state index contributed by atoms with van der Waals surface area (Å²) in [6.45, 7) is 7.87. The summed E-state index contributed by atoms with van der Waals surface area (Å²) >= 11 is 0. The van der Waals surface area contributed by atoms with Crippen LogP contribution in [0.1, 0.15) is 27.7 Å². The lowest BCUT2D eigenvalue weighted by atomic mass is 10.6. The van der Waals surface area contributed by atoms with Crippen LogP contribution in [-0.4, -0.2) is 12.9 Å². The van der Waals surface area contributed by atoms with Gasteiger partial charge >= 0.3 is 0 Å². The van der Waals surface area contributed by atoms with Crippen molar-refractivity contribution in [2.75, 3.05) is 7.05 Å². The van der Waals surface area contributed by atoms with Gasteiger partial charge in [0.2, 0.25) is 0 Å². The Labute approximate surface area is 64.1 Å². The van der Waals surface area contributed by atoms with Gasteiger partial charge < -0.3 is 5.32 Å².